The average Bonchev–Trinajstić information content (AvgIpc) is 2.37. The van der Waals surface area contributed by atoms with Crippen LogP contribution >= 0.6 is 0 Å². The van der Waals surface area contributed by atoms with Crippen molar-refractivity contribution in [1.29, 1.82) is 0 Å². The number of hydrogen-bond acceptors (Lipinski definition) is 7. The van der Waals surface area contributed by atoms with E-state index in [1.165, 1.54) is 19.2 Å². The number of benzene rings is 1. The smallest absolute Gasteiger partial charge is 0.391 e. The Balaban J connectivity index is 2.62. The molecule has 0 atom stereocenters. The Morgan fingerprint density at radius 3 is 2.40 bits per heavy atom. The molecule has 0 amide bonds. The van der Waals surface area contributed by atoms with Gasteiger partial charge in [-0.2, -0.15) is 9.97 Å². The number of nitrogens with zero attached hydrogens (tertiary/aromatic N) is 3. The van der Waals surface area contributed by atoms with Gasteiger partial charge < -0.3 is 14.9 Å². The van der Waals surface area contributed by atoms with Gasteiger partial charge in [0.2, 0.25) is 0 Å². The molecule has 0 aliphatic carbocycles. The Morgan fingerprint density at radius 2 is 1.90 bits per heavy atom. The molecule has 104 valence electrons. The molecule has 2 aromatic rings. The van der Waals surface area contributed by atoms with Gasteiger partial charge in [0.25, 0.3) is 11.8 Å². The monoisotopic (exact) mass is 281 g/mol. The molecule has 0 unspecified atom stereocenters. The molecule has 0 aliphatic heterocycles. The first-order valence-electron chi connectivity index (χ1n) is 5.22. The Kier molecular flexibility index (Phi) is 3.34. The van der Waals surface area contributed by atoms with Crippen LogP contribution in [0.15, 0.2) is 18.2 Å². The van der Waals surface area contributed by atoms with Crippen molar-refractivity contribution in [2.75, 3.05) is 7.11 Å². The van der Waals surface area contributed by atoms with E-state index >= 15 is 0 Å². The summed E-state index contributed by atoms with van der Waals surface area (Å²) in [6, 6.07) is 3.66. The van der Waals surface area contributed by atoms with Crippen molar-refractivity contribution in [1.82, 2.24) is 9.97 Å². The highest BCUT2D eigenvalue weighted by molar-refractivity contribution is 5.62. The van der Waals surface area contributed by atoms with Gasteiger partial charge in [0.1, 0.15) is 11.6 Å². The zero-order chi connectivity index (χ0) is 14.9. The molecule has 0 saturated heterocycles. The SMILES string of the molecule is COc1ccc(F)c(-c2nc(O)c([N+](=O)[O-])c(O)n2)c1. The molecule has 0 saturated carbocycles. The van der Waals surface area contributed by atoms with Gasteiger partial charge in [0.05, 0.1) is 17.6 Å². The fourth-order valence-corrected chi connectivity index (χ4v) is 1.52. The Labute approximate surface area is 111 Å². The number of aromatic nitrogens is 2. The molecule has 0 radical (unpaired) electrons. The quantitative estimate of drug-likeness (QED) is 0.647. The van der Waals surface area contributed by atoms with Gasteiger partial charge in [-0.05, 0) is 18.2 Å². The van der Waals surface area contributed by atoms with E-state index in [9.17, 15) is 24.7 Å². The molecule has 2 N–H and O–H groups in total. The molecule has 0 aliphatic rings. The van der Waals surface area contributed by atoms with Crippen molar-refractivity contribution in [3.8, 4) is 28.9 Å². The third kappa shape index (κ3) is 2.28. The summed E-state index contributed by atoms with van der Waals surface area (Å²) in [5.74, 6) is -2.96. The van der Waals surface area contributed by atoms with Crippen LogP contribution in [0.2, 0.25) is 0 Å². The molecule has 9 heteroatoms. The van der Waals surface area contributed by atoms with Crippen molar-refractivity contribution in [3.05, 3.63) is 34.1 Å². The van der Waals surface area contributed by atoms with Crippen LogP contribution in [0, 0.1) is 15.9 Å². The molecule has 0 spiro atoms. The minimum absolute atomic E-state index is 0.176. The third-order valence-electron chi connectivity index (χ3n) is 2.44. The first-order chi connectivity index (χ1) is 9.43. The maximum Gasteiger partial charge on any atom is 0.391 e. The van der Waals surface area contributed by atoms with Crippen LogP contribution in [-0.2, 0) is 0 Å². The zero-order valence-electron chi connectivity index (χ0n) is 10.1. The van der Waals surface area contributed by atoms with Crippen LogP contribution in [0.25, 0.3) is 11.4 Å². The van der Waals surface area contributed by atoms with Crippen LogP contribution in [0.5, 0.6) is 17.5 Å². The second-order valence-corrected chi connectivity index (χ2v) is 3.65. The van der Waals surface area contributed by atoms with E-state index in [-0.39, 0.29) is 5.56 Å². The molecule has 2 rings (SSSR count). The number of nitro groups is 1. The number of hydrogen-bond donors (Lipinski definition) is 2. The van der Waals surface area contributed by atoms with E-state index in [1.807, 2.05) is 0 Å². The standard InChI is InChI=1S/C11H8FN3O5/c1-20-5-2-3-7(12)6(4-5)9-13-10(16)8(15(18)19)11(17)14-9/h2-4H,1H3,(H2,13,14,16,17). The highest BCUT2D eigenvalue weighted by Gasteiger charge is 2.25. The van der Waals surface area contributed by atoms with Crippen LogP contribution in [0.4, 0.5) is 10.1 Å². The summed E-state index contributed by atoms with van der Waals surface area (Å²) in [6.07, 6.45) is 0. The maximum absolute atomic E-state index is 13.7. The van der Waals surface area contributed by atoms with Gasteiger partial charge in [-0.25, -0.2) is 4.39 Å². The van der Waals surface area contributed by atoms with Gasteiger partial charge in [-0.15, -0.1) is 0 Å². The molecule has 1 aromatic carbocycles. The number of rotatable bonds is 3. The molecule has 1 aromatic heterocycles. The van der Waals surface area contributed by atoms with Crippen molar-refractivity contribution in [2.24, 2.45) is 0 Å². The lowest BCUT2D eigenvalue weighted by Gasteiger charge is -2.06. The number of aromatic hydroxyl groups is 2. The summed E-state index contributed by atoms with van der Waals surface area (Å²) >= 11 is 0. The molecule has 0 fully saturated rings. The predicted molar refractivity (Wildman–Crippen MR) is 64.0 cm³/mol. The predicted octanol–water partition coefficient (Wildman–Crippen LogP) is 1.61. The van der Waals surface area contributed by atoms with E-state index in [4.69, 9.17) is 4.74 Å². The van der Waals surface area contributed by atoms with Gasteiger partial charge in [0.15, 0.2) is 5.82 Å². The Bertz CT molecular complexity index is 669. The highest BCUT2D eigenvalue weighted by atomic mass is 19.1. The number of methoxy groups -OCH3 is 1. The lowest BCUT2D eigenvalue weighted by atomic mass is 10.2. The lowest BCUT2D eigenvalue weighted by molar-refractivity contribution is -0.387. The van der Waals surface area contributed by atoms with E-state index in [0.29, 0.717) is 5.75 Å². The van der Waals surface area contributed by atoms with Crippen molar-refractivity contribution < 1.29 is 24.3 Å². The van der Waals surface area contributed by atoms with E-state index in [2.05, 4.69) is 9.97 Å². The summed E-state index contributed by atoms with van der Waals surface area (Å²) in [5, 5.41) is 29.4. The summed E-state index contributed by atoms with van der Waals surface area (Å²) < 4.78 is 18.6. The lowest BCUT2D eigenvalue weighted by Crippen LogP contribution is -1.98. The second kappa shape index (κ2) is 4.96. The number of ether oxygens (including phenoxy) is 1. The van der Waals surface area contributed by atoms with Crippen molar-refractivity contribution in [2.45, 2.75) is 0 Å². The highest BCUT2D eigenvalue weighted by Crippen LogP contribution is 2.35. The summed E-state index contributed by atoms with van der Waals surface area (Å²) in [5.41, 5.74) is -1.22. The third-order valence-corrected chi connectivity index (χ3v) is 2.44. The molecule has 1 heterocycles. The summed E-state index contributed by atoms with van der Waals surface area (Å²) in [7, 11) is 1.36. The Hall–Kier alpha value is -2.97. The molecular weight excluding hydrogens is 273 g/mol. The van der Waals surface area contributed by atoms with Crippen molar-refractivity contribution in [3.63, 3.8) is 0 Å². The van der Waals surface area contributed by atoms with Crippen LogP contribution < -0.4 is 4.74 Å². The summed E-state index contributed by atoms with van der Waals surface area (Å²) in [6.45, 7) is 0. The molecule has 20 heavy (non-hydrogen) atoms. The van der Waals surface area contributed by atoms with Crippen LogP contribution in [0.3, 0.4) is 0 Å². The summed E-state index contributed by atoms with van der Waals surface area (Å²) in [4.78, 5) is 16.3. The topological polar surface area (TPSA) is 119 Å². The molecule has 8 nitrogen and oxygen atoms in total. The zero-order valence-corrected chi connectivity index (χ0v) is 10.1. The van der Waals surface area contributed by atoms with Crippen LogP contribution in [-0.4, -0.2) is 32.2 Å². The fraction of sp³-hybridized carbons (Fsp3) is 0.0909. The van der Waals surface area contributed by atoms with Gasteiger partial charge >= 0.3 is 5.69 Å². The van der Waals surface area contributed by atoms with Gasteiger partial charge in [0, 0.05) is 0 Å². The van der Waals surface area contributed by atoms with Gasteiger partial charge in [-0.1, -0.05) is 0 Å². The van der Waals surface area contributed by atoms with Crippen molar-refractivity contribution >= 4 is 5.69 Å². The average molecular weight is 281 g/mol. The fourth-order valence-electron chi connectivity index (χ4n) is 1.52. The van der Waals surface area contributed by atoms with Gasteiger partial charge in [-0.3, -0.25) is 10.1 Å². The first-order valence-corrected chi connectivity index (χ1v) is 5.22. The molecule has 0 bridgehead atoms. The number of halogens is 1. The minimum atomic E-state index is -1.06. The molecular formula is C11H8FN3O5. The first kappa shape index (κ1) is 13.5. The second-order valence-electron chi connectivity index (χ2n) is 3.65. The largest absolute Gasteiger partial charge is 0.497 e. The van der Waals surface area contributed by atoms with E-state index in [0.717, 1.165) is 6.07 Å². The maximum atomic E-state index is 13.7. The normalized spacial score (nSPS) is 10.3. The Morgan fingerprint density at radius 1 is 1.30 bits per heavy atom. The minimum Gasteiger partial charge on any atom is -0.497 e. The van der Waals surface area contributed by atoms with Crippen LogP contribution in [0.1, 0.15) is 0 Å². The van der Waals surface area contributed by atoms with E-state index in [1.54, 1.807) is 0 Å². The van der Waals surface area contributed by atoms with E-state index < -0.39 is 34.0 Å².